The van der Waals surface area contributed by atoms with Crippen molar-refractivity contribution in [2.24, 2.45) is 11.7 Å². The average Bonchev–Trinajstić information content (AvgIpc) is 2.70. The number of nitrogens with two attached hydrogens (primary N) is 1. The van der Waals surface area contributed by atoms with Gasteiger partial charge in [0.1, 0.15) is 18.1 Å². The highest BCUT2D eigenvalue weighted by Gasteiger charge is 2.30. The number of nitrogens with one attached hydrogen (secondary N) is 6. The van der Waals surface area contributed by atoms with E-state index in [9.17, 15) is 33.9 Å². The second-order valence-electron chi connectivity index (χ2n) is 7.74. The fourth-order valence-electron chi connectivity index (χ4n) is 2.73. The zero-order valence-electron chi connectivity index (χ0n) is 19.3. The quantitative estimate of drug-likeness (QED) is 0.0645. The number of amides is 4. The van der Waals surface area contributed by atoms with Crippen LogP contribution in [0.3, 0.4) is 0 Å². The fourth-order valence-corrected chi connectivity index (χ4v) is 2.73. The van der Waals surface area contributed by atoms with Gasteiger partial charge in [-0.15, -0.1) is 0 Å². The van der Waals surface area contributed by atoms with E-state index >= 15 is 0 Å². The maximum absolute atomic E-state index is 12.4. The molecule has 0 bridgehead atoms. The van der Waals surface area contributed by atoms with E-state index in [0.29, 0.717) is 6.42 Å². The minimum absolute atomic E-state index is 0.170. The molecule has 0 aliphatic rings. The Bertz CT molecular complexity index is 787. The summed E-state index contributed by atoms with van der Waals surface area (Å²) in [6.07, 6.45) is -0.275. The van der Waals surface area contributed by atoms with Crippen LogP contribution >= 0.6 is 0 Å². The minimum Gasteiger partial charge on any atom is -0.481 e. The lowest BCUT2D eigenvalue weighted by Crippen LogP contribution is -2.55. The molecule has 0 rings (SSSR count). The Morgan fingerprint density at radius 3 is 2.00 bits per heavy atom. The molecular formula is C19H33N7O8. The third kappa shape index (κ3) is 12.8. The molecule has 0 saturated carbocycles. The molecule has 0 aromatic rings. The van der Waals surface area contributed by atoms with E-state index in [-0.39, 0.29) is 18.9 Å². The van der Waals surface area contributed by atoms with Gasteiger partial charge in [0.15, 0.2) is 5.96 Å². The molecule has 0 aliphatic carbocycles. The van der Waals surface area contributed by atoms with E-state index in [4.69, 9.17) is 16.2 Å². The van der Waals surface area contributed by atoms with Crippen LogP contribution in [-0.2, 0) is 28.8 Å². The van der Waals surface area contributed by atoms with Crippen molar-refractivity contribution in [3.8, 4) is 0 Å². The largest absolute Gasteiger partial charge is 0.481 e. The normalized spacial score (nSPS) is 13.1. The zero-order chi connectivity index (χ0) is 26.4. The van der Waals surface area contributed by atoms with Crippen molar-refractivity contribution in [1.29, 1.82) is 5.41 Å². The Hall–Kier alpha value is -3.91. The lowest BCUT2D eigenvalue weighted by atomic mass is 10.0. The van der Waals surface area contributed by atoms with E-state index in [1.165, 1.54) is 6.92 Å². The summed E-state index contributed by atoms with van der Waals surface area (Å²) < 4.78 is 0. The van der Waals surface area contributed by atoms with E-state index in [1.54, 1.807) is 13.8 Å². The van der Waals surface area contributed by atoms with Gasteiger partial charge in [-0.1, -0.05) is 13.8 Å². The molecule has 10 N–H and O–H groups in total. The van der Waals surface area contributed by atoms with Crippen LogP contribution in [-0.4, -0.2) is 83.0 Å². The van der Waals surface area contributed by atoms with Crippen LogP contribution in [0.25, 0.3) is 0 Å². The number of rotatable bonds is 15. The SMILES string of the molecule is CC(=O)N[C@@H](CCCNC(=N)N)C(=O)NCC(=O)N[C@@H](CC(=O)O)C(=O)N[C@H](C(=O)O)C(C)C. The summed E-state index contributed by atoms with van der Waals surface area (Å²) in [6.45, 7) is 3.94. The number of guanidine groups is 1. The smallest absolute Gasteiger partial charge is 0.326 e. The second-order valence-corrected chi connectivity index (χ2v) is 7.74. The molecule has 4 amide bonds. The summed E-state index contributed by atoms with van der Waals surface area (Å²) in [7, 11) is 0. The summed E-state index contributed by atoms with van der Waals surface area (Å²) >= 11 is 0. The van der Waals surface area contributed by atoms with E-state index in [1.807, 2.05) is 0 Å². The monoisotopic (exact) mass is 487 g/mol. The first-order chi connectivity index (χ1) is 15.7. The number of hydrogen-bond donors (Lipinski definition) is 9. The predicted octanol–water partition coefficient (Wildman–Crippen LogP) is -2.94. The number of aliphatic carboxylic acids is 2. The molecule has 0 radical (unpaired) electrons. The molecule has 0 saturated heterocycles. The standard InChI is InChI=1S/C19H33N7O8/c1-9(2)15(18(33)34)26-17(32)12(7-14(29)30)25-13(28)8-23-16(31)11(24-10(3)27)5-4-6-22-19(20)21/h9,11-12,15H,4-8H2,1-3H3,(H,23,31)(H,24,27)(H,25,28)(H,26,32)(H,29,30)(H,33,34)(H4,20,21,22)/t11-,12-,15-/m0/s1. The summed E-state index contributed by atoms with van der Waals surface area (Å²) in [5.41, 5.74) is 5.16. The summed E-state index contributed by atoms with van der Waals surface area (Å²) in [6, 6.07) is -3.86. The van der Waals surface area contributed by atoms with Gasteiger partial charge < -0.3 is 42.5 Å². The van der Waals surface area contributed by atoms with Crippen molar-refractivity contribution in [3.63, 3.8) is 0 Å². The fraction of sp³-hybridized carbons (Fsp3) is 0.632. The maximum Gasteiger partial charge on any atom is 0.326 e. The first-order valence-electron chi connectivity index (χ1n) is 10.4. The first-order valence-corrected chi connectivity index (χ1v) is 10.4. The predicted molar refractivity (Wildman–Crippen MR) is 118 cm³/mol. The molecule has 0 heterocycles. The van der Waals surface area contributed by atoms with Gasteiger partial charge in [-0.2, -0.15) is 0 Å². The van der Waals surface area contributed by atoms with Gasteiger partial charge in [0, 0.05) is 13.5 Å². The van der Waals surface area contributed by atoms with Crippen LogP contribution in [0.2, 0.25) is 0 Å². The number of carboxylic acids is 2. The van der Waals surface area contributed by atoms with E-state index in [2.05, 4.69) is 26.6 Å². The van der Waals surface area contributed by atoms with Crippen LogP contribution < -0.4 is 32.3 Å². The third-order valence-electron chi connectivity index (χ3n) is 4.36. The van der Waals surface area contributed by atoms with Gasteiger partial charge in [0.05, 0.1) is 13.0 Å². The number of carbonyl (C=O) groups is 6. The number of carbonyl (C=O) groups excluding carboxylic acids is 4. The Balaban J connectivity index is 5.02. The van der Waals surface area contributed by atoms with Crippen LogP contribution in [0.1, 0.15) is 40.0 Å². The third-order valence-corrected chi connectivity index (χ3v) is 4.36. The topological polar surface area (TPSA) is 253 Å². The molecule has 0 spiro atoms. The maximum atomic E-state index is 12.4. The highest BCUT2D eigenvalue weighted by Crippen LogP contribution is 2.04. The Morgan fingerprint density at radius 1 is 0.912 bits per heavy atom. The first kappa shape index (κ1) is 30.1. The van der Waals surface area contributed by atoms with E-state index in [0.717, 1.165) is 0 Å². The number of carboxylic acid groups (broad SMARTS) is 2. The summed E-state index contributed by atoms with van der Waals surface area (Å²) in [5, 5.41) is 36.9. The van der Waals surface area contributed by atoms with Gasteiger partial charge in [-0.05, 0) is 18.8 Å². The van der Waals surface area contributed by atoms with Gasteiger partial charge in [-0.3, -0.25) is 29.4 Å². The number of hydrogen-bond acceptors (Lipinski definition) is 7. The molecule has 0 aromatic carbocycles. The molecule has 3 atom stereocenters. The van der Waals surface area contributed by atoms with Crippen molar-refractivity contribution in [1.82, 2.24) is 26.6 Å². The van der Waals surface area contributed by atoms with Crippen LogP contribution in [0.5, 0.6) is 0 Å². The van der Waals surface area contributed by atoms with E-state index < -0.39 is 72.6 Å². The molecule has 0 fully saturated rings. The van der Waals surface area contributed by atoms with Gasteiger partial charge in [-0.25, -0.2) is 4.79 Å². The van der Waals surface area contributed by atoms with Gasteiger partial charge in [0.25, 0.3) is 0 Å². The molecule has 0 unspecified atom stereocenters. The molecule has 15 heteroatoms. The highest BCUT2D eigenvalue weighted by molar-refractivity contribution is 5.94. The lowest BCUT2D eigenvalue weighted by Gasteiger charge is -2.22. The van der Waals surface area contributed by atoms with Crippen molar-refractivity contribution < 1.29 is 39.0 Å². The van der Waals surface area contributed by atoms with Crippen LogP contribution in [0.15, 0.2) is 0 Å². The van der Waals surface area contributed by atoms with Crippen molar-refractivity contribution in [3.05, 3.63) is 0 Å². The van der Waals surface area contributed by atoms with Gasteiger partial charge >= 0.3 is 11.9 Å². The molecule has 15 nitrogen and oxygen atoms in total. The Kier molecular flexibility index (Phi) is 13.3. The van der Waals surface area contributed by atoms with Crippen LogP contribution in [0, 0.1) is 11.3 Å². The molecular weight excluding hydrogens is 454 g/mol. The molecule has 0 aromatic heterocycles. The minimum atomic E-state index is -1.58. The Labute approximate surface area is 196 Å². The van der Waals surface area contributed by atoms with Crippen molar-refractivity contribution in [2.45, 2.75) is 58.2 Å². The average molecular weight is 488 g/mol. The molecule has 0 aliphatic heterocycles. The molecule has 192 valence electrons. The lowest BCUT2D eigenvalue weighted by molar-refractivity contribution is -0.144. The second kappa shape index (κ2) is 15.0. The van der Waals surface area contributed by atoms with Crippen molar-refractivity contribution in [2.75, 3.05) is 13.1 Å². The summed E-state index contributed by atoms with van der Waals surface area (Å²) in [5.74, 6) is -6.57. The van der Waals surface area contributed by atoms with Crippen molar-refractivity contribution >= 4 is 41.5 Å². The van der Waals surface area contributed by atoms with Crippen LogP contribution in [0.4, 0.5) is 0 Å². The molecule has 34 heavy (non-hydrogen) atoms. The highest BCUT2D eigenvalue weighted by atomic mass is 16.4. The summed E-state index contributed by atoms with van der Waals surface area (Å²) in [4.78, 5) is 70.7. The Morgan fingerprint density at radius 2 is 1.53 bits per heavy atom. The van der Waals surface area contributed by atoms with Gasteiger partial charge in [0.2, 0.25) is 23.6 Å². The zero-order valence-corrected chi connectivity index (χ0v) is 19.3.